The van der Waals surface area contributed by atoms with Gasteiger partial charge in [0.05, 0.1) is 16.7 Å². The summed E-state index contributed by atoms with van der Waals surface area (Å²) in [5, 5.41) is 17.0. The van der Waals surface area contributed by atoms with Crippen molar-refractivity contribution in [2.75, 3.05) is 0 Å². The first kappa shape index (κ1) is 15.2. The summed E-state index contributed by atoms with van der Waals surface area (Å²) in [5.74, 6) is -3.31. The fraction of sp³-hybridized carbons (Fsp3) is 0.111. The van der Waals surface area contributed by atoms with E-state index in [4.69, 9.17) is 10.2 Å². The van der Waals surface area contributed by atoms with E-state index in [9.17, 15) is 22.8 Å². The van der Waals surface area contributed by atoms with Crippen molar-refractivity contribution >= 4 is 24.3 Å². The maximum absolute atomic E-state index is 12.4. The summed E-state index contributed by atoms with van der Waals surface area (Å²) in [6.45, 7) is 0. The highest BCUT2D eigenvalue weighted by molar-refractivity contribution is 5.93. The average Bonchev–Trinajstić information content (AvgIpc) is 2.15. The topological polar surface area (TPSA) is 74.6 Å². The second-order valence-electron chi connectivity index (χ2n) is 2.87. The number of hydrogen-bond donors (Lipinski definition) is 2. The van der Waals surface area contributed by atoms with Gasteiger partial charge in [0.2, 0.25) is 0 Å². The van der Waals surface area contributed by atoms with Crippen molar-refractivity contribution in [2.24, 2.45) is 0 Å². The van der Waals surface area contributed by atoms with E-state index < -0.39 is 34.8 Å². The van der Waals surface area contributed by atoms with E-state index in [1.807, 2.05) is 0 Å². The van der Waals surface area contributed by atoms with Crippen LogP contribution in [0, 0.1) is 0 Å². The zero-order valence-corrected chi connectivity index (χ0v) is 8.80. The van der Waals surface area contributed by atoms with Crippen molar-refractivity contribution in [3.63, 3.8) is 0 Å². The summed E-state index contributed by atoms with van der Waals surface area (Å²) in [5.41, 5.74) is -3.06. The summed E-state index contributed by atoms with van der Waals surface area (Å²) in [6, 6.07) is 1.72. The Balaban J connectivity index is 0.00000256. The normalized spacial score (nSPS) is 10.5. The average molecular weight is 271 g/mol. The number of carboxylic acids is 2. The lowest BCUT2D eigenvalue weighted by Gasteiger charge is -2.10. The van der Waals surface area contributed by atoms with E-state index >= 15 is 0 Å². The first-order chi connectivity index (χ1) is 7.23. The molecule has 0 unspecified atom stereocenters. The summed E-state index contributed by atoms with van der Waals surface area (Å²) in [7, 11) is 0. The van der Waals surface area contributed by atoms with Crippen molar-refractivity contribution in [1.29, 1.82) is 0 Å². The van der Waals surface area contributed by atoms with Gasteiger partial charge >= 0.3 is 18.1 Å². The molecule has 0 heterocycles. The van der Waals surface area contributed by atoms with Crippen LogP contribution >= 0.6 is 12.4 Å². The molecule has 0 aliphatic heterocycles. The van der Waals surface area contributed by atoms with Gasteiger partial charge in [0.15, 0.2) is 0 Å². The number of carboxylic acid groups (broad SMARTS) is 2. The molecule has 0 aliphatic rings. The molecule has 8 heteroatoms. The molecule has 1 rings (SSSR count). The Labute approximate surface area is 99.1 Å². The number of benzene rings is 1. The molecule has 0 atom stereocenters. The molecule has 0 saturated heterocycles. The van der Waals surface area contributed by atoms with Crippen LogP contribution < -0.4 is 0 Å². The molecular weight excluding hydrogens is 265 g/mol. The first-order valence-electron chi connectivity index (χ1n) is 3.91. The highest BCUT2D eigenvalue weighted by Crippen LogP contribution is 2.32. The SMILES string of the molecule is Cl.O=C(O)c1ccc(C(=O)O)c(C(F)(F)F)c1. The van der Waals surface area contributed by atoms with Gasteiger partial charge in [0.1, 0.15) is 0 Å². The lowest BCUT2D eigenvalue weighted by Crippen LogP contribution is -2.14. The Morgan fingerprint density at radius 3 is 1.94 bits per heavy atom. The van der Waals surface area contributed by atoms with E-state index in [1.165, 1.54) is 0 Å². The number of aromatic carboxylic acids is 2. The Kier molecular flexibility index (Phi) is 4.52. The Morgan fingerprint density at radius 2 is 1.59 bits per heavy atom. The van der Waals surface area contributed by atoms with Gasteiger partial charge in [0, 0.05) is 0 Å². The third-order valence-electron chi connectivity index (χ3n) is 1.80. The Hall–Kier alpha value is -1.76. The standard InChI is InChI=1S/C9H5F3O4.ClH/c10-9(11,12)6-3-4(7(13)14)1-2-5(6)8(15)16;/h1-3H,(H,13,14)(H,15,16);1H. The molecule has 0 fully saturated rings. The molecule has 0 aromatic heterocycles. The van der Waals surface area contributed by atoms with Gasteiger partial charge in [-0.25, -0.2) is 9.59 Å². The molecule has 4 nitrogen and oxygen atoms in total. The van der Waals surface area contributed by atoms with E-state index in [0.717, 1.165) is 6.07 Å². The summed E-state index contributed by atoms with van der Waals surface area (Å²) in [4.78, 5) is 20.9. The molecule has 0 radical (unpaired) electrons. The van der Waals surface area contributed by atoms with Crippen LogP contribution in [0.1, 0.15) is 26.3 Å². The molecular formula is C9H6ClF3O4. The van der Waals surface area contributed by atoms with Crippen molar-refractivity contribution in [2.45, 2.75) is 6.18 Å². The number of alkyl halides is 3. The number of rotatable bonds is 2. The van der Waals surface area contributed by atoms with Crippen molar-refractivity contribution in [3.8, 4) is 0 Å². The van der Waals surface area contributed by atoms with Gasteiger partial charge in [-0.2, -0.15) is 13.2 Å². The predicted octanol–water partition coefficient (Wildman–Crippen LogP) is 2.52. The van der Waals surface area contributed by atoms with E-state index in [2.05, 4.69) is 0 Å². The molecule has 1 aromatic rings. The highest BCUT2D eigenvalue weighted by Gasteiger charge is 2.35. The third kappa shape index (κ3) is 3.35. The van der Waals surface area contributed by atoms with E-state index in [0.29, 0.717) is 12.1 Å². The number of halogens is 4. The molecule has 0 aliphatic carbocycles. The molecule has 0 spiro atoms. The zero-order valence-electron chi connectivity index (χ0n) is 7.99. The summed E-state index contributed by atoms with van der Waals surface area (Å²) < 4.78 is 37.2. The lowest BCUT2D eigenvalue weighted by atomic mass is 10.0. The minimum atomic E-state index is -4.90. The van der Waals surface area contributed by atoms with Crippen molar-refractivity contribution in [3.05, 3.63) is 34.9 Å². The fourth-order valence-electron chi connectivity index (χ4n) is 1.10. The van der Waals surface area contributed by atoms with E-state index in [1.54, 1.807) is 0 Å². The van der Waals surface area contributed by atoms with Crippen LogP contribution in [-0.2, 0) is 6.18 Å². The van der Waals surface area contributed by atoms with Crippen molar-refractivity contribution < 1.29 is 33.0 Å². The monoisotopic (exact) mass is 270 g/mol. The largest absolute Gasteiger partial charge is 0.478 e. The second-order valence-corrected chi connectivity index (χ2v) is 2.87. The summed E-state index contributed by atoms with van der Waals surface area (Å²) in [6.07, 6.45) is -4.90. The van der Waals surface area contributed by atoms with Crippen LogP contribution in [-0.4, -0.2) is 22.2 Å². The zero-order chi connectivity index (χ0) is 12.5. The fourth-order valence-corrected chi connectivity index (χ4v) is 1.10. The Bertz CT molecular complexity index is 456. The molecule has 2 N–H and O–H groups in total. The smallest absolute Gasteiger partial charge is 0.417 e. The quantitative estimate of drug-likeness (QED) is 0.866. The maximum Gasteiger partial charge on any atom is 0.417 e. The van der Waals surface area contributed by atoms with Gasteiger partial charge in [-0.1, -0.05) is 0 Å². The van der Waals surface area contributed by atoms with Gasteiger partial charge in [-0.3, -0.25) is 0 Å². The Morgan fingerprint density at radius 1 is 1.06 bits per heavy atom. The first-order valence-corrected chi connectivity index (χ1v) is 3.91. The van der Waals surface area contributed by atoms with Crippen LogP contribution in [0.2, 0.25) is 0 Å². The van der Waals surface area contributed by atoms with Crippen LogP contribution in [0.15, 0.2) is 18.2 Å². The highest BCUT2D eigenvalue weighted by atomic mass is 35.5. The second kappa shape index (κ2) is 5.05. The van der Waals surface area contributed by atoms with Crippen molar-refractivity contribution in [1.82, 2.24) is 0 Å². The minimum absolute atomic E-state index is 0. The van der Waals surface area contributed by atoms with Gasteiger partial charge < -0.3 is 10.2 Å². The molecule has 17 heavy (non-hydrogen) atoms. The molecule has 0 saturated carbocycles. The predicted molar refractivity (Wildman–Crippen MR) is 52.6 cm³/mol. The minimum Gasteiger partial charge on any atom is -0.478 e. The molecule has 0 amide bonds. The molecule has 94 valence electrons. The van der Waals surface area contributed by atoms with Gasteiger partial charge in [-0.15, -0.1) is 12.4 Å². The van der Waals surface area contributed by atoms with E-state index in [-0.39, 0.29) is 12.4 Å². The molecule has 0 bridgehead atoms. The number of carbonyl (C=O) groups is 2. The van der Waals surface area contributed by atoms with Crippen LogP contribution in [0.3, 0.4) is 0 Å². The summed E-state index contributed by atoms with van der Waals surface area (Å²) >= 11 is 0. The molecule has 1 aromatic carbocycles. The van der Waals surface area contributed by atoms with Gasteiger partial charge in [-0.05, 0) is 18.2 Å². The maximum atomic E-state index is 12.4. The third-order valence-corrected chi connectivity index (χ3v) is 1.80. The number of hydrogen-bond acceptors (Lipinski definition) is 2. The van der Waals surface area contributed by atoms with Crippen LogP contribution in [0.5, 0.6) is 0 Å². The van der Waals surface area contributed by atoms with Gasteiger partial charge in [0.25, 0.3) is 0 Å². The van der Waals surface area contributed by atoms with Crippen LogP contribution in [0.25, 0.3) is 0 Å². The lowest BCUT2D eigenvalue weighted by molar-refractivity contribution is -0.138. The van der Waals surface area contributed by atoms with Crippen LogP contribution in [0.4, 0.5) is 13.2 Å².